The van der Waals surface area contributed by atoms with E-state index in [1.807, 2.05) is 6.07 Å². The van der Waals surface area contributed by atoms with Gasteiger partial charge in [-0.25, -0.2) is 4.98 Å². The van der Waals surface area contributed by atoms with Crippen LogP contribution in [-0.2, 0) is 6.42 Å². The number of carbonyl (C=O) groups is 1. The van der Waals surface area contributed by atoms with E-state index in [2.05, 4.69) is 17.2 Å². The van der Waals surface area contributed by atoms with Gasteiger partial charge in [-0.2, -0.15) is 0 Å². The summed E-state index contributed by atoms with van der Waals surface area (Å²) >= 11 is 0. The number of amides is 1. The van der Waals surface area contributed by atoms with Crippen LogP contribution >= 0.6 is 0 Å². The first-order chi connectivity index (χ1) is 8.69. The molecule has 1 saturated carbocycles. The van der Waals surface area contributed by atoms with Crippen LogP contribution in [0.25, 0.3) is 0 Å². The number of nitrogens with two attached hydrogens (primary N) is 1. The van der Waals surface area contributed by atoms with Crippen molar-refractivity contribution in [3.8, 4) is 0 Å². The van der Waals surface area contributed by atoms with Gasteiger partial charge in [-0.05, 0) is 37.3 Å². The quantitative estimate of drug-likeness (QED) is 0.837. The lowest BCUT2D eigenvalue weighted by molar-refractivity contribution is 0.0939. The van der Waals surface area contributed by atoms with Gasteiger partial charge < -0.3 is 11.1 Å². The number of anilines is 1. The maximum absolute atomic E-state index is 12.0. The van der Waals surface area contributed by atoms with Crippen LogP contribution in [-0.4, -0.2) is 17.4 Å². The topological polar surface area (TPSA) is 68.0 Å². The lowest BCUT2D eigenvalue weighted by Crippen LogP contribution is -2.32. The average Bonchev–Trinajstić information content (AvgIpc) is 2.26. The smallest absolute Gasteiger partial charge is 0.251 e. The third-order valence-electron chi connectivity index (χ3n) is 3.44. The van der Waals surface area contributed by atoms with E-state index in [0.29, 0.717) is 17.3 Å². The lowest BCUT2D eigenvalue weighted by Gasteiger charge is -2.25. The number of hydrogen-bond donors (Lipinski definition) is 2. The number of nitrogens with one attached hydrogen (secondary N) is 1. The molecule has 3 N–H and O–H groups in total. The number of aromatic nitrogens is 1. The Morgan fingerprint density at radius 3 is 2.89 bits per heavy atom. The van der Waals surface area contributed by atoms with Crippen LogP contribution < -0.4 is 11.1 Å². The van der Waals surface area contributed by atoms with Crippen molar-refractivity contribution in [2.75, 3.05) is 12.3 Å². The Hall–Kier alpha value is -1.58. The molecule has 0 saturated heterocycles. The first-order valence-corrected chi connectivity index (χ1v) is 6.73. The van der Waals surface area contributed by atoms with Crippen molar-refractivity contribution in [1.82, 2.24) is 10.3 Å². The molecule has 0 bridgehead atoms. The molecule has 1 aliphatic carbocycles. The molecule has 1 amide bonds. The first-order valence-electron chi connectivity index (χ1n) is 6.73. The second kappa shape index (κ2) is 5.85. The zero-order valence-electron chi connectivity index (χ0n) is 10.9. The standard InChI is InChI=1S/C14H21N3O/c1-2-4-12-7-11(8-13(15)17-12)14(18)16-9-10-5-3-6-10/h7-8,10H,2-6,9H2,1H3,(H2,15,17)(H,16,18). The van der Waals surface area contributed by atoms with Gasteiger partial charge in [0.25, 0.3) is 5.91 Å². The van der Waals surface area contributed by atoms with Crippen LogP contribution in [0.1, 0.15) is 48.7 Å². The Bertz CT molecular complexity index is 427. The molecule has 4 nitrogen and oxygen atoms in total. The number of carbonyl (C=O) groups excluding carboxylic acids is 1. The Balaban J connectivity index is 1.99. The fourth-order valence-electron chi connectivity index (χ4n) is 2.16. The van der Waals surface area contributed by atoms with Gasteiger partial charge in [0, 0.05) is 17.8 Å². The molecule has 1 fully saturated rings. The number of aryl methyl sites for hydroxylation is 1. The molecule has 4 heteroatoms. The molecule has 0 aromatic carbocycles. The summed E-state index contributed by atoms with van der Waals surface area (Å²) in [4.78, 5) is 16.2. The van der Waals surface area contributed by atoms with E-state index in [1.165, 1.54) is 19.3 Å². The minimum absolute atomic E-state index is 0.0339. The number of hydrogen-bond acceptors (Lipinski definition) is 3. The van der Waals surface area contributed by atoms with Gasteiger partial charge in [0.2, 0.25) is 0 Å². The summed E-state index contributed by atoms with van der Waals surface area (Å²) in [5.41, 5.74) is 7.25. The van der Waals surface area contributed by atoms with Gasteiger partial charge in [-0.15, -0.1) is 0 Å². The third-order valence-corrected chi connectivity index (χ3v) is 3.44. The highest BCUT2D eigenvalue weighted by Crippen LogP contribution is 2.25. The van der Waals surface area contributed by atoms with Gasteiger partial charge >= 0.3 is 0 Å². The van der Waals surface area contributed by atoms with E-state index in [4.69, 9.17) is 5.73 Å². The van der Waals surface area contributed by atoms with Crippen molar-refractivity contribution in [2.24, 2.45) is 5.92 Å². The zero-order valence-corrected chi connectivity index (χ0v) is 10.9. The van der Waals surface area contributed by atoms with Crippen molar-refractivity contribution in [3.05, 3.63) is 23.4 Å². The number of rotatable bonds is 5. The normalized spacial score (nSPS) is 15.2. The van der Waals surface area contributed by atoms with Crippen LogP contribution in [0, 0.1) is 5.92 Å². The molecule has 1 aromatic heterocycles. The Kier molecular flexibility index (Phi) is 4.18. The largest absolute Gasteiger partial charge is 0.384 e. The molecule has 0 radical (unpaired) electrons. The van der Waals surface area contributed by atoms with E-state index < -0.39 is 0 Å². The molecule has 2 rings (SSSR count). The fraction of sp³-hybridized carbons (Fsp3) is 0.571. The lowest BCUT2D eigenvalue weighted by atomic mass is 9.85. The predicted octanol–water partition coefficient (Wildman–Crippen LogP) is 2.15. The summed E-state index contributed by atoms with van der Waals surface area (Å²) in [6.07, 6.45) is 5.62. The van der Waals surface area contributed by atoms with Crippen molar-refractivity contribution in [1.29, 1.82) is 0 Å². The molecule has 0 aliphatic heterocycles. The van der Waals surface area contributed by atoms with Crippen molar-refractivity contribution in [3.63, 3.8) is 0 Å². The Morgan fingerprint density at radius 1 is 1.50 bits per heavy atom. The van der Waals surface area contributed by atoms with Gasteiger partial charge in [0.1, 0.15) is 5.82 Å². The monoisotopic (exact) mass is 247 g/mol. The highest BCUT2D eigenvalue weighted by molar-refractivity contribution is 5.94. The van der Waals surface area contributed by atoms with Crippen LogP contribution in [0.15, 0.2) is 12.1 Å². The Labute approximate surface area is 108 Å². The van der Waals surface area contributed by atoms with Crippen LogP contribution in [0.5, 0.6) is 0 Å². The number of nitrogens with zero attached hydrogens (tertiary/aromatic N) is 1. The van der Waals surface area contributed by atoms with Gasteiger partial charge in [-0.3, -0.25) is 4.79 Å². The molecule has 1 aliphatic rings. The molecular weight excluding hydrogens is 226 g/mol. The zero-order chi connectivity index (χ0) is 13.0. The highest BCUT2D eigenvalue weighted by atomic mass is 16.1. The average molecular weight is 247 g/mol. The molecular formula is C14H21N3O. The van der Waals surface area contributed by atoms with Gasteiger partial charge in [0.05, 0.1) is 0 Å². The highest BCUT2D eigenvalue weighted by Gasteiger charge is 2.18. The van der Waals surface area contributed by atoms with Gasteiger partial charge in [-0.1, -0.05) is 19.8 Å². The molecule has 0 atom stereocenters. The van der Waals surface area contributed by atoms with Crippen LogP contribution in [0.3, 0.4) is 0 Å². The molecule has 1 aromatic rings. The Morgan fingerprint density at radius 2 is 2.28 bits per heavy atom. The van der Waals surface area contributed by atoms with E-state index in [0.717, 1.165) is 25.1 Å². The van der Waals surface area contributed by atoms with E-state index in [1.54, 1.807) is 6.07 Å². The van der Waals surface area contributed by atoms with E-state index >= 15 is 0 Å². The fourth-order valence-corrected chi connectivity index (χ4v) is 2.16. The third kappa shape index (κ3) is 3.22. The molecule has 18 heavy (non-hydrogen) atoms. The SMILES string of the molecule is CCCc1cc(C(=O)NCC2CCC2)cc(N)n1. The predicted molar refractivity (Wildman–Crippen MR) is 72.3 cm³/mol. The summed E-state index contributed by atoms with van der Waals surface area (Å²) in [7, 11) is 0. The minimum Gasteiger partial charge on any atom is -0.384 e. The maximum atomic E-state index is 12.0. The molecule has 1 heterocycles. The van der Waals surface area contributed by atoms with Crippen molar-refractivity contribution in [2.45, 2.75) is 39.0 Å². The van der Waals surface area contributed by atoms with E-state index in [-0.39, 0.29) is 5.91 Å². The van der Waals surface area contributed by atoms with Gasteiger partial charge in [0.15, 0.2) is 0 Å². The second-order valence-corrected chi connectivity index (χ2v) is 5.03. The number of pyridine rings is 1. The summed E-state index contributed by atoms with van der Waals surface area (Å²) in [6.45, 7) is 2.87. The molecule has 98 valence electrons. The maximum Gasteiger partial charge on any atom is 0.251 e. The van der Waals surface area contributed by atoms with Crippen LogP contribution in [0.4, 0.5) is 5.82 Å². The summed E-state index contributed by atoms with van der Waals surface area (Å²) < 4.78 is 0. The molecule has 0 unspecified atom stereocenters. The minimum atomic E-state index is -0.0339. The number of nitrogen functional groups attached to an aromatic ring is 1. The van der Waals surface area contributed by atoms with Crippen molar-refractivity contribution < 1.29 is 4.79 Å². The summed E-state index contributed by atoms with van der Waals surface area (Å²) in [5.74, 6) is 1.06. The second-order valence-electron chi connectivity index (χ2n) is 5.03. The van der Waals surface area contributed by atoms with Crippen LogP contribution in [0.2, 0.25) is 0 Å². The summed E-state index contributed by atoms with van der Waals surface area (Å²) in [6, 6.07) is 3.49. The van der Waals surface area contributed by atoms with E-state index in [9.17, 15) is 4.79 Å². The molecule has 0 spiro atoms. The first kappa shape index (κ1) is 12.9. The van der Waals surface area contributed by atoms with Crippen molar-refractivity contribution >= 4 is 11.7 Å². The summed E-state index contributed by atoms with van der Waals surface area (Å²) in [5, 5.41) is 2.98.